The highest BCUT2D eigenvalue weighted by molar-refractivity contribution is 5.82. The first-order chi connectivity index (χ1) is 12.7. The van der Waals surface area contributed by atoms with Gasteiger partial charge in [-0.25, -0.2) is 0 Å². The Balaban J connectivity index is 1.45. The van der Waals surface area contributed by atoms with Crippen LogP contribution in [0.3, 0.4) is 0 Å². The van der Waals surface area contributed by atoms with Gasteiger partial charge in [0.15, 0.2) is 0 Å². The number of piperidine rings is 1. The Morgan fingerprint density at radius 3 is 2.65 bits per heavy atom. The molecule has 2 amide bonds. The van der Waals surface area contributed by atoms with Crippen LogP contribution in [0.25, 0.3) is 0 Å². The number of hydrogen-bond donors (Lipinski definition) is 2. The number of hydrogen-bond acceptors (Lipinski definition) is 4. The Labute approximate surface area is 157 Å². The summed E-state index contributed by atoms with van der Waals surface area (Å²) >= 11 is 0. The summed E-state index contributed by atoms with van der Waals surface area (Å²) in [5.41, 5.74) is 0. The van der Waals surface area contributed by atoms with Gasteiger partial charge in [0.2, 0.25) is 5.91 Å². The van der Waals surface area contributed by atoms with Gasteiger partial charge >= 0.3 is 0 Å². The first-order valence-corrected chi connectivity index (χ1v) is 10.6. The molecule has 6 heteroatoms. The van der Waals surface area contributed by atoms with E-state index in [4.69, 9.17) is 4.74 Å². The van der Waals surface area contributed by atoms with E-state index in [1.165, 1.54) is 12.8 Å². The Morgan fingerprint density at radius 2 is 1.96 bits per heavy atom. The second-order valence-electron chi connectivity index (χ2n) is 8.13. The molecule has 0 aromatic rings. The highest BCUT2D eigenvalue weighted by atomic mass is 16.5. The maximum Gasteiger partial charge on any atom is 0.251 e. The first-order valence-electron chi connectivity index (χ1n) is 10.6. The standard InChI is InChI=1S/C20H35N3O3/c1-2-18(26-16-8-3-4-9-16)20(25)23-12-6-7-15(14-23)13-22-19(24)17-10-5-11-21-17/h15-18,21H,2-14H2,1H3,(H,22,24). The number of carbonyl (C=O) groups excluding carboxylic acids is 2. The van der Waals surface area contributed by atoms with Gasteiger partial charge < -0.3 is 20.3 Å². The van der Waals surface area contributed by atoms with E-state index in [1.807, 2.05) is 11.8 Å². The summed E-state index contributed by atoms with van der Waals surface area (Å²) in [5, 5.41) is 6.32. The molecule has 2 N–H and O–H groups in total. The number of rotatable bonds is 7. The molecule has 3 unspecified atom stereocenters. The molecule has 148 valence electrons. The molecule has 6 nitrogen and oxygen atoms in total. The van der Waals surface area contributed by atoms with Gasteiger partial charge in [-0.3, -0.25) is 9.59 Å². The molecule has 3 atom stereocenters. The van der Waals surface area contributed by atoms with Gasteiger partial charge in [-0.2, -0.15) is 0 Å². The molecule has 2 saturated heterocycles. The summed E-state index contributed by atoms with van der Waals surface area (Å²) in [7, 11) is 0. The van der Waals surface area contributed by atoms with Crippen LogP contribution in [0.5, 0.6) is 0 Å². The minimum Gasteiger partial charge on any atom is -0.365 e. The van der Waals surface area contributed by atoms with Crippen LogP contribution in [-0.4, -0.2) is 61.1 Å². The topological polar surface area (TPSA) is 70.7 Å². The van der Waals surface area contributed by atoms with E-state index in [9.17, 15) is 9.59 Å². The summed E-state index contributed by atoms with van der Waals surface area (Å²) in [4.78, 5) is 27.1. The van der Waals surface area contributed by atoms with E-state index in [0.717, 1.165) is 64.6 Å². The molecule has 2 aliphatic heterocycles. The van der Waals surface area contributed by atoms with Crippen LogP contribution in [0.2, 0.25) is 0 Å². The van der Waals surface area contributed by atoms with Crippen molar-refractivity contribution in [1.29, 1.82) is 0 Å². The number of likely N-dealkylation sites (tertiary alicyclic amines) is 1. The van der Waals surface area contributed by atoms with E-state index in [2.05, 4.69) is 10.6 Å². The van der Waals surface area contributed by atoms with Gasteiger partial charge in [0.25, 0.3) is 5.91 Å². The van der Waals surface area contributed by atoms with Crippen molar-refractivity contribution in [3.63, 3.8) is 0 Å². The van der Waals surface area contributed by atoms with Crippen molar-refractivity contribution in [2.75, 3.05) is 26.2 Å². The fourth-order valence-electron chi connectivity index (χ4n) is 4.50. The molecule has 0 radical (unpaired) electrons. The zero-order valence-electron chi connectivity index (χ0n) is 16.2. The fraction of sp³-hybridized carbons (Fsp3) is 0.900. The second kappa shape index (κ2) is 9.70. The molecule has 0 aromatic carbocycles. The zero-order valence-corrected chi connectivity index (χ0v) is 16.2. The Morgan fingerprint density at radius 1 is 1.15 bits per heavy atom. The number of nitrogens with one attached hydrogen (secondary N) is 2. The van der Waals surface area contributed by atoms with E-state index in [0.29, 0.717) is 12.5 Å². The van der Waals surface area contributed by atoms with Crippen molar-refractivity contribution in [2.24, 2.45) is 5.92 Å². The molecule has 26 heavy (non-hydrogen) atoms. The van der Waals surface area contributed by atoms with Gasteiger partial charge in [-0.05, 0) is 57.4 Å². The van der Waals surface area contributed by atoms with Crippen molar-refractivity contribution in [3.05, 3.63) is 0 Å². The van der Waals surface area contributed by atoms with Gasteiger partial charge in [0, 0.05) is 19.6 Å². The lowest BCUT2D eigenvalue weighted by Crippen LogP contribution is -2.49. The number of amides is 2. The minimum absolute atomic E-state index is 0.0272. The van der Waals surface area contributed by atoms with Crippen molar-refractivity contribution in [1.82, 2.24) is 15.5 Å². The first kappa shape index (κ1) is 19.6. The Bertz CT molecular complexity index is 473. The van der Waals surface area contributed by atoms with E-state index >= 15 is 0 Å². The number of ether oxygens (including phenoxy) is 1. The summed E-state index contributed by atoms with van der Waals surface area (Å²) in [5.74, 6) is 0.608. The number of carbonyl (C=O) groups is 2. The normalized spacial score (nSPS) is 28.3. The summed E-state index contributed by atoms with van der Waals surface area (Å²) in [6, 6.07) is -0.0272. The van der Waals surface area contributed by atoms with Crippen molar-refractivity contribution in [2.45, 2.75) is 83.0 Å². The lowest BCUT2D eigenvalue weighted by Gasteiger charge is -2.35. The SMILES string of the molecule is CCC(OC1CCCC1)C(=O)N1CCCC(CNC(=O)C2CCCN2)C1. The molecule has 2 heterocycles. The molecule has 0 aromatic heterocycles. The quantitative estimate of drug-likeness (QED) is 0.722. The van der Waals surface area contributed by atoms with Gasteiger partial charge in [-0.1, -0.05) is 19.8 Å². The van der Waals surface area contributed by atoms with Crippen LogP contribution in [0.15, 0.2) is 0 Å². The highest BCUT2D eigenvalue weighted by Crippen LogP contribution is 2.24. The van der Waals surface area contributed by atoms with Crippen LogP contribution >= 0.6 is 0 Å². The van der Waals surface area contributed by atoms with Crippen molar-refractivity contribution in [3.8, 4) is 0 Å². The maximum absolute atomic E-state index is 12.9. The number of nitrogens with zero attached hydrogens (tertiary/aromatic N) is 1. The van der Waals surface area contributed by atoms with Crippen LogP contribution < -0.4 is 10.6 Å². The van der Waals surface area contributed by atoms with E-state index < -0.39 is 0 Å². The molecular weight excluding hydrogens is 330 g/mol. The third-order valence-electron chi connectivity index (χ3n) is 6.08. The summed E-state index contributed by atoms with van der Waals surface area (Å²) < 4.78 is 6.11. The summed E-state index contributed by atoms with van der Waals surface area (Å²) in [6.07, 6.45) is 9.41. The molecule has 1 aliphatic carbocycles. The molecule has 3 fully saturated rings. The monoisotopic (exact) mass is 365 g/mol. The fourth-order valence-corrected chi connectivity index (χ4v) is 4.50. The van der Waals surface area contributed by atoms with E-state index in [-0.39, 0.29) is 30.1 Å². The molecular formula is C20H35N3O3. The zero-order chi connectivity index (χ0) is 18.4. The average molecular weight is 366 g/mol. The van der Waals surface area contributed by atoms with Gasteiger partial charge in [-0.15, -0.1) is 0 Å². The molecule has 3 aliphatic rings. The second-order valence-corrected chi connectivity index (χ2v) is 8.13. The van der Waals surface area contributed by atoms with Crippen LogP contribution in [-0.2, 0) is 14.3 Å². The molecule has 1 saturated carbocycles. The predicted molar refractivity (Wildman–Crippen MR) is 101 cm³/mol. The van der Waals surface area contributed by atoms with Crippen molar-refractivity contribution >= 4 is 11.8 Å². The lowest BCUT2D eigenvalue weighted by atomic mass is 9.97. The van der Waals surface area contributed by atoms with Crippen LogP contribution in [0, 0.1) is 5.92 Å². The maximum atomic E-state index is 12.9. The third-order valence-corrected chi connectivity index (χ3v) is 6.08. The van der Waals surface area contributed by atoms with Crippen molar-refractivity contribution < 1.29 is 14.3 Å². The lowest BCUT2D eigenvalue weighted by molar-refractivity contribution is -0.149. The largest absolute Gasteiger partial charge is 0.365 e. The highest BCUT2D eigenvalue weighted by Gasteiger charge is 2.31. The van der Waals surface area contributed by atoms with Gasteiger partial charge in [0.1, 0.15) is 6.10 Å². The molecule has 0 bridgehead atoms. The minimum atomic E-state index is -0.297. The Kier molecular flexibility index (Phi) is 7.32. The third kappa shape index (κ3) is 5.19. The summed E-state index contributed by atoms with van der Waals surface area (Å²) in [6.45, 7) is 5.19. The Hall–Kier alpha value is -1.14. The predicted octanol–water partition coefficient (Wildman–Crippen LogP) is 1.83. The van der Waals surface area contributed by atoms with Gasteiger partial charge in [0.05, 0.1) is 12.1 Å². The average Bonchev–Trinajstić information content (AvgIpc) is 3.37. The molecule has 3 rings (SSSR count). The van der Waals surface area contributed by atoms with Crippen LogP contribution in [0.1, 0.15) is 64.7 Å². The smallest absolute Gasteiger partial charge is 0.251 e. The molecule has 0 spiro atoms. The van der Waals surface area contributed by atoms with Crippen LogP contribution in [0.4, 0.5) is 0 Å². The van der Waals surface area contributed by atoms with E-state index in [1.54, 1.807) is 0 Å².